The predicted molar refractivity (Wildman–Crippen MR) is 149 cm³/mol. The molecule has 5 rings (SSSR count). The van der Waals surface area contributed by atoms with Gasteiger partial charge in [0.1, 0.15) is 11.5 Å². The van der Waals surface area contributed by atoms with Crippen LogP contribution in [0.1, 0.15) is 52.7 Å². The molecule has 0 amide bonds. The average Bonchev–Trinajstić information content (AvgIpc) is 2.83. The van der Waals surface area contributed by atoms with Crippen LogP contribution in [-0.4, -0.2) is 0 Å². The SMILES string of the molecule is CC(C)(C)c1cc(-c2ccccc2)c(OP2Oc3ccccc3-c3ccccc32)c(C(C)(C)C)c1. The Labute approximate surface area is 210 Å². The molecular weight excluding hydrogens is 447 g/mol. The van der Waals surface area contributed by atoms with Gasteiger partial charge in [0.05, 0.1) is 5.30 Å². The van der Waals surface area contributed by atoms with Crippen molar-refractivity contribution < 1.29 is 9.05 Å². The first-order valence-electron chi connectivity index (χ1n) is 12.2. The van der Waals surface area contributed by atoms with E-state index in [0.29, 0.717) is 0 Å². The molecule has 1 aliphatic rings. The standard InChI is InChI=1S/C32H33O2P/c1-31(2,3)23-20-26(22-14-8-7-9-15-22)30(27(21-23)32(4,5)6)34-35-29-19-13-11-17-25(29)24-16-10-12-18-28(24)33-35/h7-21H,1-6H3. The summed E-state index contributed by atoms with van der Waals surface area (Å²) in [4.78, 5) is 0. The Morgan fingerprint density at radius 2 is 1.26 bits per heavy atom. The third-order valence-electron chi connectivity index (χ3n) is 6.48. The molecule has 0 N–H and O–H groups in total. The fraction of sp³-hybridized carbons (Fsp3) is 0.250. The van der Waals surface area contributed by atoms with Crippen LogP contribution in [0.4, 0.5) is 0 Å². The van der Waals surface area contributed by atoms with Crippen molar-refractivity contribution in [2.75, 3.05) is 0 Å². The van der Waals surface area contributed by atoms with Gasteiger partial charge in [-0.2, -0.15) is 0 Å². The summed E-state index contributed by atoms with van der Waals surface area (Å²) in [6.45, 7) is 13.6. The molecule has 1 atom stereocenters. The molecule has 4 aromatic rings. The predicted octanol–water partition coefficient (Wildman–Crippen LogP) is 9.02. The van der Waals surface area contributed by atoms with Crippen molar-refractivity contribution in [3.05, 3.63) is 102 Å². The molecule has 1 aliphatic heterocycles. The highest BCUT2D eigenvalue weighted by Crippen LogP contribution is 2.53. The number of hydrogen-bond acceptors (Lipinski definition) is 2. The van der Waals surface area contributed by atoms with Crippen LogP contribution in [0.2, 0.25) is 0 Å². The van der Waals surface area contributed by atoms with Crippen LogP contribution in [0.5, 0.6) is 11.5 Å². The summed E-state index contributed by atoms with van der Waals surface area (Å²) in [5.74, 6) is 1.79. The molecular formula is C32H33O2P. The van der Waals surface area contributed by atoms with Crippen LogP contribution in [0.25, 0.3) is 22.3 Å². The van der Waals surface area contributed by atoms with Gasteiger partial charge in [0, 0.05) is 16.7 Å². The van der Waals surface area contributed by atoms with Crippen molar-refractivity contribution >= 4 is 13.7 Å². The van der Waals surface area contributed by atoms with Gasteiger partial charge in [-0.25, -0.2) is 0 Å². The van der Waals surface area contributed by atoms with E-state index in [4.69, 9.17) is 9.05 Å². The van der Waals surface area contributed by atoms with Crippen molar-refractivity contribution in [1.82, 2.24) is 0 Å². The van der Waals surface area contributed by atoms with Gasteiger partial charge >= 0.3 is 8.38 Å². The second-order valence-electron chi connectivity index (χ2n) is 11.2. The third kappa shape index (κ3) is 4.60. The van der Waals surface area contributed by atoms with Gasteiger partial charge in [0.15, 0.2) is 0 Å². The van der Waals surface area contributed by atoms with Gasteiger partial charge in [-0.1, -0.05) is 114 Å². The van der Waals surface area contributed by atoms with Gasteiger partial charge in [-0.3, -0.25) is 0 Å². The van der Waals surface area contributed by atoms with E-state index in [9.17, 15) is 0 Å². The molecule has 4 aromatic carbocycles. The Morgan fingerprint density at radius 1 is 0.629 bits per heavy atom. The summed E-state index contributed by atoms with van der Waals surface area (Å²) in [6, 6.07) is 31.9. The second kappa shape index (κ2) is 8.85. The Hall–Kier alpha value is -3.09. The van der Waals surface area contributed by atoms with E-state index in [0.717, 1.165) is 33.5 Å². The van der Waals surface area contributed by atoms with Crippen molar-refractivity contribution in [2.24, 2.45) is 0 Å². The molecule has 0 saturated heterocycles. The molecule has 0 aromatic heterocycles. The number of hydrogen-bond donors (Lipinski definition) is 0. The highest BCUT2D eigenvalue weighted by Gasteiger charge is 2.33. The van der Waals surface area contributed by atoms with Gasteiger partial charge in [0.25, 0.3) is 0 Å². The molecule has 1 heterocycles. The first kappa shape index (κ1) is 23.6. The minimum atomic E-state index is -1.36. The fourth-order valence-electron chi connectivity index (χ4n) is 4.47. The zero-order valence-corrected chi connectivity index (χ0v) is 22.3. The number of benzene rings is 4. The molecule has 0 spiro atoms. The first-order chi connectivity index (χ1) is 16.6. The maximum Gasteiger partial charge on any atom is 0.326 e. The summed E-state index contributed by atoms with van der Waals surface area (Å²) in [6.07, 6.45) is 0. The van der Waals surface area contributed by atoms with E-state index in [1.807, 2.05) is 12.1 Å². The molecule has 0 aliphatic carbocycles. The number of fused-ring (bicyclic) bond motifs is 3. The van der Waals surface area contributed by atoms with Crippen LogP contribution in [-0.2, 0) is 10.8 Å². The quantitative estimate of drug-likeness (QED) is 0.272. The Kier molecular flexibility index (Phi) is 5.98. The summed E-state index contributed by atoms with van der Waals surface area (Å²) in [5, 5.41) is 1.11. The van der Waals surface area contributed by atoms with Crippen LogP contribution >= 0.6 is 8.38 Å². The molecule has 35 heavy (non-hydrogen) atoms. The van der Waals surface area contributed by atoms with Crippen LogP contribution < -0.4 is 14.4 Å². The van der Waals surface area contributed by atoms with E-state index in [2.05, 4.69) is 120 Å². The fourth-order valence-corrected chi connectivity index (χ4v) is 6.00. The molecule has 0 fully saturated rings. The lowest BCUT2D eigenvalue weighted by Crippen LogP contribution is -2.21. The molecule has 0 radical (unpaired) electrons. The zero-order valence-electron chi connectivity index (χ0n) is 21.4. The highest BCUT2D eigenvalue weighted by molar-refractivity contribution is 7.57. The minimum absolute atomic E-state index is 0.0142. The normalized spacial score (nSPS) is 15.1. The molecule has 1 unspecified atom stereocenters. The van der Waals surface area contributed by atoms with Gasteiger partial charge < -0.3 is 9.05 Å². The molecule has 0 saturated carbocycles. The van der Waals surface area contributed by atoms with E-state index in [1.54, 1.807) is 0 Å². The lowest BCUT2D eigenvalue weighted by Gasteiger charge is -2.32. The Morgan fingerprint density at radius 3 is 1.94 bits per heavy atom. The van der Waals surface area contributed by atoms with Crippen molar-refractivity contribution in [2.45, 2.75) is 52.4 Å². The van der Waals surface area contributed by atoms with Crippen LogP contribution in [0.3, 0.4) is 0 Å². The zero-order chi connectivity index (χ0) is 24.8. The maximum atomic E-state index is 6.99. The van der Waals surface area contributed by atoms with Crippen molar-refractivity contribution in [3.63, 3.8) is 0 Å². The maximum absolute atomic E-state index is 6.99. The number of rotatable bonds is 3. The highest BCUT2D eigenvalue weighted by atomic mass is 31.2. The minimum Gasteiger partial charge on any atom is -0.435 e. The van der Waals surface area contributed by atoms with Crippen LogP contribution in [0, 0.1) is 0 Å². The lowest BCUT2D eigenvalue weighted by molar-refractivity contribution is 0.480. The largest absolute Gasteiger partial charge is 0.435 e. The van der Waals surface area contributed by atoms with E-state index < -0.39 is 8.38 Å². The topological polar surface area (TPSA) is 18.5 Å². The molecule has 0 bridgehead atoms. The summed E-state index contributed by atoms with van der Waals surface area (Å²) >= 11 is 0. The van der Waals surface area contributed by atoms with Crippen molar-refractivity contribution in [1.29, 1.82) is 0 Å². The smallest absolute Gasteiger partial charge is 0.326 e. The molecule has 178 valence electrons. The summed E-state index contributed by atoms with van der Waals surface area (Å²) in [5.41, 5.74) is 6.98. The summed E-state index contributed by atoms with van der Waals surface area (Å²) in [7, 11) is -1.36. The summed E-state index contributed by atoms with van der Waals surface area (Å²) < 4.78 is 13.6. The van der Waals surface area contributed by atoms with E-state index in [-0.39, 0.29) is 10.8 Å². The monoisotopic (exact) mass is 480 g/mol. The Balaban J connectivity index is 1.72. The van der Waals surface area contributed by atoms with Gasteiger partial charge in [-0.15, -0.1) is 0 Å². The third-order valence-corrected chi connectivity index (χ3v) is 7.98. The average molecular weight is 481 g/mol. The van der Waals surface area contributed by atoms with Gasteiger partial charge in [-0.05, 0) is 45.7 Å². The molecule has 2 nitrogen and oxygen atoms in total. The van der Waals surface area contributed by atoms with Gasteiger partial charge in [0.2, 0.25) is 0 Å². The number of para-hydroxylation sites is 1. The van der Waals surface area contributed by atoms with E-state index >= 15 is 0 Å². The first-order valence-corrected chi connectivity index (χ1v) is 13.4. The van der Waals surface area contributed by atoms with E-state index in [1.165, 1.54) is 16.7 Å². The molecule has 3 heteroatoms. The van der Waals surface area contributed by atoms with Crippen LogP contribution in [0.15, 0.2) is 91.0 Å². The Bertz CT molecular complexity index is 1360. The lowest BCUT2D eigenvalue weighted by atomic mass is 9.78. The van der Waals surface area contributed by atoms with Crippen molar-refractivity contribution in [3.8, 4) is 33.8 Å². The second-order valence-corrected chi connectivity index (χ2v) is 12.6.